The number of aryl methyl sites for hydroxylation is 1. The van der Waals surface area contributed by atoms with E-state index in [-0.39, 0.29) is 23.9 Å². The number of alkyl halides is 3. The van der Waals surface area contributed by atoms with Gasteiger partial charge in [0.1, 0.15) is 5.75 Å². The minimum Gasteiger partial charge on any atom is -0.406 e. The van der Waals surface area contributed by atoms with Crippen molar-refractivity contribution in [2.45, 2.75) is 26.1 Å². The monoisotopic (exact) mass is 363 g/mol. The third-order valence-electron chi connectivity index (χ3n) is 4.13. The van der Waals surface area contributed by atoms with Crippen LogP contribution in [0.1, 0.15) is 17.5 Å². The molecule has 4 nitrogen and oxygen atoms in total. The van der Waals surface area contributed by atoms with Crippen LogP contribution in [-0.4, -0.2) is 18.2 Å². The number of hydrogen-bond donors (Lipinski definition) is 0. The van der Waals surface area contributed by atoms with Crippen molar-refractivity contribution in [3.05, 3.63) is 59.7 Å². The maximum Gasteiger partial charge on any atom is 0.573 e. The lowest BCUT2D eigenvalue weighted by atomic mass is 9.97. The fraction of sp³-hybridized carbons (Fsp3) is 0.263. The SMILES string of the molecule is Cc1cccc(C[C@@H]2CC(=O)N(c3ccc(OC(F)(F)F)cc3)C2=O)c1. The second kappa shape index (κ2) is 6.82. The second-order valence-corrected chi connectivity index (χ2v) is 6.20. The quantitative estimate of drug-likeness (QED) is 0.771. The summed E-state index contributed by atoms with van der Waals surface area (Å²) in [6, 6.07) is 12.4. The summed E-state index contributed by atoms with van der Waals surface area (Å²) >= 11 is 0. The topological polar surface area (TPSA) is 46.6 Å². The van der Waals surface area contributed by atoms with E-state index >= 15 is 0 Å². The number of benzene rings is 2. The van der Waals surface area contributed by atoms with E-state index in [4.69, 9.17) is 0 Å². The zero-order valence-corrected chi connectivity index (χ0v) is 13.9. The Balaban J connectivity index is 1.74. The van der Waals surface area contributed by atoms with Crippen molar-refractivity contribution in [1.82, 2.24) is 0 Å². The first kappa shape index (κ1) is 18.0. The molecular weight excluding hydrogens is 347 g/mol. The lowest BCUT2D eigenvalue weighted by Crippen LogP contribution is -2.30. The minimum atomic E-state index is -4.79. The summed E-state index contributed by atoms with van der Waals surface area (Å²) in [7, 11) is 0. The van der Waals surface area contributed by atoms with E-state index in [2.05, 4.69) is 4.74 Å². The molecule has 0 bridgehead atoms. The Morgan fingerprint density at radius 3 is 2.42 bits per heavy atom. The van der Waals surface area contributed by atoms with Crippen LogP contribution in [0.5, 0.6) is 5.75 Å². The Morgan fingerprint density at radius 2 is 1.81 bits per heavy atom. The van der Waals surface area contributed by atoms with Crippen LogP contribution in [0.2, 0.25) is 0 Å². The van der Waals surface area contributed by atoms with Crippen LogP contribution >= 0.6 is 0 Å². The molecule has 1 aliphatic heterocycles. The Hall–Kier alpha value is -2.83. The van der Waals surface area contributed by atoms with E-state index in [1.54, 1.807) is 0 Å². The van der Waals surface area contributed by atoms with Crippen molar-refractivity contribution in [3.63, 3.8) is 0 Å². The third-order valence-corrected chi connectivity index (χ3v) is 4.13. The molecule has 136 valence electrons. The van der Waals surface area contributed by atoms with Gasteiger partial charge in [0, 0.05) is 6.42 Å². The van der Waals surface area contributed by atoms with Crippen LogP contribution in [0, 0.1) is 12.8 Å². The molecule has 0 unspecified atom stereocenters. The summed E-state index contributed by atoms with van der Waals surface area (Å²) in [5, 5.41) is 0. The maximum absolute atomic E-state index is 12.6. The summed E-state index contributed by atoms with van der Waals surface area (Å²) in [6.45, 7) is 1.95. The lowest BCUT2D eigenvalue weighted by Gasteiger charge is -2.16. The summed E-state index contributed by atoms with van der Waals surface area (Å²) in [6.07, 6.45) is -4.27. The van der Waals surface area contributed by atoms with E-state index in [0.717, 1.165) is 28.2 Å². The van der Waals surface area contributed by atoms with Crippen molar-refractivity contribution < 1.29 is 27.5 Å². The van der Waals surface area contributed by atoms with Crippen LogP contribution in [0.4, 0.5) is 18.9 Å². The van der Waals surface area contributed by atoms with Crippen LogP contribution in [-0.2, 0) is 16.0 Å². The zero-order valence-electron chi connectivity index (χ0n) is 13.9. The van der Waals surface area contributed by atoms with Gasteiger partial charge in [0.2, 0.25) is 11.8 Å². The molecular formula is C19H16F3NO3. The largest absolute Gasteiger partial charge is 0.573 e. The number of anilines is 1. The normalized spacial score (nSPS) is 17.7. The fourth-order valence-corrected chi connectivity index (χ4v) is 3.05. The summed E-state index contributed by atoms with van der Waals surface area (Å²) < 4.78 is 40.4. The van der Waals surface area contributed by atoms with E-state index in [1.807, 2.05) is 31.2 Å². The third kappa shape index (κ3) is 4.04. The molecule has 1 fully saturated rings. The second-order valence-electron chi connectivity index (χ2n) is 6.20. The predicted octanol–water partition coefficient (Wildman–Crippen LogP) is 4.02. The first-order chi connectivity index (χ1) is 12.2. The molecule has 1 saturated heterocycles. The molecule has 3 rings (SSSR count). The highest BCUT2D eigenvalue weighted by molar-refractivity contribution is 6.21. The number of halogens is 3. The van der Waals surface area contributed by atoms with Crippen molar-refractivity contribution in [1.29, 1.82) is 0 Å². The van der Waals surface area contributed by atoms with Crippen molar-refractivity contribution >= 4 is 17.5 Å². The summed E-state index contributed by atoms with van der Waals surface area (Å²) in [5.41, 5.74) is 2.27. The van der Waals surface area contributed by atoms with Crippen LogP contribution in [0.25, 0.3) is 0 Å². The Labute approximate surface area is 148 Å². The minimum absolute atomic E-state index is 0.0770. The molecule has 0 radical (unpaired) electrons. The van der Waals surface area contributed by atoms with Gasteiger partial charge in [-0.25, -0.2) is 0 Å². The molecule has 2 aromatic carbocycles. The zero-order chi connectivity index (χ0) is 18.9. The molecule has 0 aliphatic carbocycles. The van der Waals surface area contributed by atoms with Gasteiger partial charge in [0.15, 0.2) is 0 Å². The number of carbonyl (C=O) groups is 2. The average molecular weight is 363 g/mol. The number of carbonyl (C=O) groups excluding carboxylic acids is 2. The van der Waals surface area contributed by atoms with Gasteiger partial charge in [-0.1, -0.05) is 29.8 Å². The highest BCUT2D eigenvalue weighted by Gasteiger charge is 2.39. The molecule has 1 aliphatic rings. The predicted molar refractivity (Wildman–Crippen MR) is 88.6 cm³/mol. The number of ether oxygens (including phenoxy) is 1. The molecule has 0 spiro atoms. The van der Waals surface area contributed by atoms with E-state index in [0.29, 0.717) is 6.42 Å². The molecule has 0 N–H and O–H groups in total. The summed E-state index contributed by atoms with van der Waals surface area (Å²) in [4.78, 5) is 25.9. The van der Waals surface area contributed by atoms with E-state index < -0.39 is 18.0 Å². The van der Waals surface area contributed by atoms with Gasteiger partial charge < -0.3 is 4.74 Å². The molecule has 1 heterocycles. The Morgan fingerprint density at radius 1 is 1.12 bits per heavy atom. The van der Waals surface area contributed by atoms with Crippen molar-refractivity contribution in [3.8, 4) is 5.75 Å². The number of amides is 2. The standard InChI is InChI=1S/C19H16F3NO3/c1-12-3-2-4-13(9-12)10-14-11-17(24)23(18(14)25)15-5-7-16(8-6-15)26-19(20,21)22/h2-9,14H,10-11H2,1H3/t14-/m1/s1. The van der Waals surface area contributed by atoms with Crippen LogP contribution in [0.3, 0.4) is 0 Å². The Bertz CT molecular complexity index is 831. The van der Waals surface area contributed by atoms with Crippen LogP contribution in [0.15, 0.2) is 48.5 Å². The molecule has 1 atom stereocenters. The smallest absolute Gasteiger partial charge is 0.406 e. The van der Waals surface area contributed by atoms with E-state index in [9.17, 15) is 22.8 Å². The average Bonchev–Trinajstić information content (AvgIpc) is 2.81. The molecule has 0 saturated carbocycles. The fourth-order valence-electron chi connectivity index (χ4n) is 3.05. The molecule has 0 aromatic heterocycles. The molecule has 2 amide bonds. The molecule has 7 heteroatoms. The highest BCUT2D eigenvalue weighted by atomic mass is 19.4. The lowest BCUT2D eigenvalue weighted by molar-refractivity contribution is -0.274. The summed E-state index contributed by atoms with van der Waals surface area (Å²) in [5.74, 6) is -1.59. The number of rotatable bonds is 4. The first-order valence-corrected chi connectivity index (χ1v) is 8.01. The van der Waals surface area contributed by atoms with Gasteiger partial charge in [0.25, 0.3) is 0 Å². The van der Waals surface area contributed by atoms with Gasteiger partial charge in [0.05, 0.1) is 11.6 Å². The van der Waals surface area contributed by atoms with Gasteiger partial charge in [-0.15, -0.1) is 13.2 Å². The number of nitrogens with zero attached hydrogens (tertiary/aromatic N) is 1. The maximum atomic E-state index is 12.6. The van der Waals surface area contributed by atoms with E-state index in [1.165, 1.54) is 12.1 Å². The number of hydrogen-bond acceptors (Lipinski definition) is 3. The van der Waals surface area contributed by atoms with Crippen molar-refractivity contribution in [2.75, 3.05) is 4.90 Å². The Kier molecular flexibility index (Phi) is 4.71. The van der Waals surface area contributed by atoms with Crippen molar-refractivity contribution in [2.24, 2.45) is 5.92 Å². The van der Waals surface area contributed by atoms with Crippen LogP contribution < -0.4 is 9.64 Å². The number of imide groups is 1. The van der Waals surface area contributed by atoms with Gasteiger partial charge in [-0.05, 0) is 43.2 Å². The van der Waals surface area contributed by atoms with Gasteiger partial charge in [-0.2, -0.15) is 0 Å². The highest BCUT2D eigenvalue weighted by Crippen LogP contribution is 2.31. The molecule has 26 heavy (non-hydrogen) atoms. The van der Waals surface area contributed by atoms with Gasteiger partial charge >= 0.3 is 6.36 Å². The van der Waals surface area contributed by atoms with Gasteiger partial charge in [-0.3, -0.25) is 14.5 Å². The molecule has 2 aromatic rings. The first-order valence-electron chi connectivity index (χ1n) is 8.01.